The summed E-state index contributed by atoms with van der Waals surface area (Å²) in [5, 5.41) is 17.0. The van der Waals surface area contributed by atoms with E-state index < -0.39 is 12.0 Å². The fraction of sp³-hybridized carbons (Fsp3) is 0.261. The molecule has 0 fully saturated rings. The number of nitrogens with one attached hydrogen (secondary N) is 1. The second-order valence-electron chi connectivity index (χ2n) is 13.5. The summed E-state index contributed by atoms with van der Waals surface area (Å²) in [6.45, 7) is 3.81. The van der Waals surface area contributed by atoms with Gasteiger partial charge in [0.15, 0.2) is 11.6 Å². The van der Waals surface area contributed by atoms with Crippen LogP contribution in [0.25, 0.3) is 22.5 Å². The van der Waals surface area contributed by atoms with Gasteiger partial charge in [0.1, 0.15) is 10.0 Å². The van der Waals surface area contributed by atoms with Crippen LogP contribution < -0.4 is 11.1 Å². The predicted octanol–water partition coefficient (Wildman–Crippen LogP) is 9.48. The number of nitrogens with two attached hydrogens (primary N) is 1. The topological polar surface area (TPSA) is 152 Å². The van der Waals surface area contributed by atoms with Crippen molar-refractivity contribution in [1.82, 2.24) is 15.3 Å². The van der Waals surface area contributed by atoms with Crippen molar-refractivity contribution in [2.45, 2.75) is 51.6 Å². The molecule has 0 saturated carbocycles. The molecular weight excluding hydrogens is 817 g/mol. The van der Waals surface area contributed by atoms with Gasteiger partial charge in [-0.3, -0.25) is 14.4 Å². The quantitative estimate of drug-likeness (QED) is 0.0809. The highest BCUT2D eigenvalue weighted by Gasteiger charge is 2.23. The van der Waals surface area contributed by atoms with Gasteiger partial charge in [0, 0.05) is 27.5 Å². The van der Waals surface area contributed by atoms with Crippen molar-refractivity contribution >= 4 is 69.6 Å². The molecule has 13 heteroatoms. The van der Waals surface area contributed by atoms with E-state index in [1.807, 2.05) is 122 Å². The predicted molar refractivity (Wildman–Crippen MR) is 247 cm³/mol. The zero-order valence-corrected chi connectivity index (χ0v) is 36.9. The molecule has 0 saturated heterocycles. The Morgan fingerprint density at radius 2 is 1.14 bits per heavy atom. The van der Waals surface area contributed by atoms with Gasteiger partial charge in [-0.05, 0) is 75.0 Å². The lowest BCUT2D eigenvalue weighted by Gasteiger charge is -2.17. The molecule has 59 heavy (non-hydrogen) atoms. The van der Waals surface area contributed by atoms with Gasteiger partial charge in [0.25, 0.3) is 5.91 Å². The van der Waals surface area contributed by atoms with Crippen LogP contribution in [0.4, 0.5) is 0 Å². The second-order valence-corrected chi connectivity index (χ2v) is 17.4. The number of aromatic carboxylic acids is 1. The number of Topliss-reactive ketones (excluding diaryl/α,β-unsaturated/α-hetero) is 2. The number of rotatable bonds is 17. The number of amides is 1. The van der Waals surface area contributed by atoms with Gasteiger partial charge in [0.2, 0.25) is 0 Å². The molecule has 0 aliphatic carbocycles. The molecule has 4 aromatic carbocycles. The van der Waals surface area contributed by atoms with Crippen molar-refractivity contribution < 1.29 is 24.3 Å². The Morgan fingerprint density at radius 1 is 0.661 bits per heavy atom. The Labute approximate surface area is 363 Å². The minimum atomic E-state index is -0.872. The number of hydrogen-bond acceptors (Lipinski definition) is 11. The summed E-state index contributed by atoms with van der Waals surface area (Å²) in [5.41, 5.74) is 12.7. The minimum absolute atomic E-state index is 0.00554. The third-order valence-corrected chi connectivity index (χ3v) is 11.8. The summed E-state index contributed by atoms with van der Waals surface area (Å²) in [4.78, 5) is 57.1. The van der Waals surface area contributed by atoms with Gasteiger partial charge in [0.05, 0.1) is 41.9 Å². The molecule has 2 heterocycles. The highest BCUT2D eigenvalue weighted by Crippen LogP contribution is 2.24. The number of thiazole rings is 2. The molecule has 0 radical (unpaired) electrons. The molecule has 2 aromatic heterocycles. The first-order valence-electron chi connectivity index (χ1n) is 18.9. The lowest BCUT2D eigenvalue weighted by atomic mass is 10.1. The number of thioether (sulfide) groups is 2. The normalized spacial score (nSPS) is 11.5. The summed E-state index contributed by atoms with van der Waals surface area (Å²) < 4.78 is 0. The Balaban J connectivity index is 0.000000220. The van der Waals surface area contributed by atoms with Crippen molar-refractivity contribution in [3.05, 3.63) is 152 Å². The first-order valence-corrected chi connectivity index (χ1v) is 23.5. The average Bonchev–Trinajstić information content (AvgIpc) is 3.92. The van der Waals surface area contributed by atoms with E-state index in [0.717, 1.165) is 61.6 Å². The second kappa shape index (κ2) is 24.9. The van der Waals surface area contributed by atoms with E-state index in [4.69, 9.17) is 10.8 Å². The van der Waals surface area contributed by atoms with Crippen LogP contribution >= 0.6 is 46.2 Å². The van der Waals surface area contributed by atoms with Gasteiger partial charge in [-0.15, -0.1) is 22.7 Å². The summed E-state index contributed by atoms with van der Waals surface area (Å²) in [5.74, 6) is 0.709. The van der Waals surface area contributed by atoms with Crippen LogP contribution in [-0.2, 0) is 22.4 Å². The molecule has 0 aliphatic heterocycles. The first-order chi connectivity index (χ1) is 28.5. The number of carbonyl (C=O) groups excluding carboxylic acids is 3. The lowest BCUT2D eigenvalue weighted by Crippen LogP contribution is -2.42. The fourth-order valence-electron chi connectivity index (χ4n) is 5.58. The van der Waals surface area contributed by atoms with E-state index in [2.05, 4.69) is 15.3 Å². The summed E-state index contributed by atoms with van der Waals surface area (Å²) >= 11 is 6.38. The molecule has 0 spiro atoms. The van der Waals surface area contributed by atoms with E-state index in [-0.39, 0.29) is 29.9 Å². The Bertz CT molecular complexity index is 2240. The maximum Gasteiger partial charge on any atom is 0.335 e. The number of aryl methyl sites for hydroxylation is 2. The lowest BCUT2D eigenvalue weighted by molar-refractivity contribution is -0.120. The largest absolute Gasteiger partial charge is 0.478 e. The Morgan fingerprint density at radius 3 is 1.61 bits per heavy atom. The third kappa shape index (κ3) is 16.0. The average molecular weight is 867 g/mol. The molecule has 308 valence electrons. The van der Waals surface area contributed by atoms with Gasteiger partial charge >= 0.3 is 5.97 Å². The number of nitrogens with zero attached hydrogens (tertiary/aromatic N) is 2. The van der Waals surface area contributed by atoms with Crippen LogP contribution in [0.1, 0.15) is 54.7 Å². The molecule has 1 amide bonds. The smallest absolute Gasteiger partial charge is 0.335 e. The fourth-order valence-corrected chi connectivity index (χ4v) is 8.17. The molecule has 6 aromatic rings. The molecule has 0 bridgehead atoms. The molecule has 0 unspecified atom stereocenters. The van der Waals surface area contributed by atoms with Crippen molar-refractivity contribution in [1.29, 1.82) is 0 Å². The zero-order chi connectivity index (χ0) is 42.6. The van der Waals surface area contributed by atoms with Gasteiger partial charge in [-0.25, -0.2) is 14.8 Å². The van der Waals surface area contributed by atoms with Gasteiger partial charge in [-0.1, -0.05) is 96.1 Å². The highest BCUT2D eigenvalue weighted by molar-refractivity contribution is 7.98. The number of hydrogen-bond donors (Lipinski definition) is 3. The van der Waals surface area contributed by atoms with E-state index in [1.165, 1.54) is 22.7 Å². The third-order valence-electron chi connectivity index (χ3n) is 8.79. The zero-order valence-electron chi connectivity index (χ0n) is 33.6. The van der Waals surface area contributed by atoms with Gasteiger partial charge < -0.3 is 16.2 Å². The number of aromatic nitrogens is 2. The number of carboxylic acids is 1. The number of benzene rings is 4. The summed E-state index contributed by atoms with van der Waals surface area (Å²) in [6, 6.07) is 33.2. The Hall–Kier alpha value is -4.92. The highest BCUT2D eigenvalue weighted by atomic mass is 32.2. The monoisotopic (exact) mass is 866 g/mol. The van der Waals surface area contributed by atoms with E-state index >= 15 is 0 Å². The first kappa shape index (κ1) is 46.8. The van der Waals surface area contributed by atoms with E-state index in [1.54, 1.807) is 47.8 Å². The van der Waals surface area contributed by atoms with E-state index in [9.17, 15) is 19.2 Å². The molecule has 4 N–H and O–H groups in total. The van der Waals surface area contributed by atoms with Crippen molar-refractivity contribution in [2.75, 3.05) is 24.0 Å². The van der Waals surface area contributed by atoms with Crippen molar-refractivity contribution in [3.63, 3.8) is 0 Å². The molecular formula is C46H50N4O5S4. The van der Waals surface area contributed by atoms with Crippen LogP contribution in [0.5, 0.6) is 0 Å². The SMILES string of the molecule is CSCC[C@H](N)C(=O)Cc1nc(-c2ccccc2)cs1.CSCC[C@H](NC(=O)c1cccc(C)c1)C(=O)Cc1nc(-c2ccccc2)cs1.Cc1cccc(C(=O)O)c1. The maximum atomic E-state index is 12.9. The Kier molecular flexibility index (Phi) is 19.7. The number of ketones is 2. The molecule has 9 nitrogen and oxygen atoms in total. The summed E-state index contributed by atoms with van der Waals surface area (Å²) in [7, 11) is 0. The van der Waals surface area contributed by atoms with Crippen LogP contribution in [-0.4, -0.2) is 74.6 Å². The van der Waals surface area contributed by atoms with Crippen LogP contribution in [0.15, 0.2) is 120 Å². The minimum Gasteiger partial charge on any atom is -0.478 e. The molecule has 2 atom stereocenters. The number of carbonyl (C=O) groups is 4. The van der Waals surface area contributed by atoms with Crippen LogP contribution in [0.3, 0.4) is 0 Å². The maximum absolute atomic E-state index is 12.9. The van der Waals surface area contributed by atoms with Crippen molar-refractivity contribution in [2.24, 2.45) is 5.73 Å². The van der Waals surface area contributed by atoms with Crippen molar-refractivity contribution in [3.8, 4) is 22.5 Å². The van der Waals surface area contributed by atoms with E-state index in [0.29, 0.717) is 24.0 Å². The molecule has 6 rings (SSSR count). The standard InChI is InChI=1S/C23H24N2O2S2.C15H18N2OS2.C8H8O2/c1-16-7-6-10-18(13-16)23(27)25-19(11-12-28-2)21(26)14-22-24-20(15-29-22)17-8-4-3-5-9-17;1-19-8-7-12(16)14(18)9-15-17-13(10-20-15)11-5-3-2-4-6-11;1-6-3-2-4-7(5-6)8(9)10/h3-10,13,15,19H,11-12,14H2,1-2H3,(H,25,27);2-6,10,12H,7-9,16H2,1H3;2-5H,1H3,(H,9,10)/t19-;12-;/m00./s1. The van der Waals surface area contributed by atoms with Gasteiger partial charge in [-0.2, -0.15) is 23.5 Å². The summed E-state index contributed by atoms with van der Waals surface area (Å²) in [6.07, 6.45) is 5.92. The van der Waals surface area contributed by atoms with Crippen LogP contribution in [0.2, 0.25) is 0 Å². The van der Waals surface area contributed by atoms with Crippen LogP contribution in [0, 0.1) is 13.8 Å². The molecule has 0 aliphatic rings. The number of carboxylic acid groups (broad SMARTS) is 1.